The second-order valence-corrected chi connectivity index (χ2v) is 9.17. The Morgan fingerprint density at radius 1 is 1.09 bits per heavy atom. The summed E-state index contributed by atoms with van der Waals surface area (Å²) in [5.74, 6) is -0.373. The summed E-state index contributed by atoms with van der Waals surface area (Å²) in [5.41, 5.74) is 3.16. The number of piperidine rings is 1. The first kappa shape index (κ1) is 24.9. The van der Waals surface area contributed by atoms with Gasteiger partial charge in [0, 0.05) is 49.0 Å². The van der Waals surface area contributed by atoms with Gasteiger partial charge in [0.05, 0.1) is 5.02 Å². The van der Waals surface area contributed by atoms with Gasteiger partial charge in [0.25, 0.3) is 0 Å². The molecule has 4 rings (SSSR count). The standard InChI is InChI=1S/C28H30ClFN4O/c1-2-27(35)34(22-14-16-33(17-15-22)19-20-8-4-3-5-9-20)28(31)23-10-6-7-11-26(23)32-21-12-13-25(30)24(29)18-21/h3-13,18,22,31-32H,2,14-17,19H2,1H3. The topological polar surface area (TPSA) is 59.4 Å². The Kier molecular flexibility index (Phi) is 8.16. The quantitative estimate of drug-likeness (QED) is 0.294. The molecule has 0 saturated carbocycles. The molecule has 1 fully saturated rings. The molecule has 35 heavy (non-hydrogen) atoms. The molecule has 1 aliphatic heterocycles. The van der Waals surface area contributed by atoms with E-state index in [1.807, 2.05) is 37.3 Å². The van der Waals surface area contributed by atoms with Crippen LogP contribution in [-0.4, -0.2) is 40.7 Å². The Balaban J connectivity index is 1.51. The number of benzene rings is 3. The molecule has 2 N–H and O–H groups in total. The second kappa shape index (κ2) is 11.5. The summed E-state index contributed by atoms with van der Waals surface area (Å²) in [4.78, 5) is 17.1. The van der Waals surface area contributed by atoms with E-state index in [9.17, 15) is 9.18 Å². The minimum Gasteiger partial charge on any atom is -0.355 e. The highest BCUT2D eigenvalue weighted by Gasteiger charge is 2.31. The minimum absolute atomic E-state index is 0.0209. The van der Waals surface area contributed by atoms with E-state index in [0.29, 0.717) is 23.4 Å². The molecule has 1 amide bonds. The van der Waals surface area contributed by atoms with Crippen LogP contribution in [-0.2, 0) is 11.3 Å². The Morgan fingerprint density at radius 2 is 1.77 bits per heavy atom. The number of anilines is 2. The summed E-state index contributed by atoms with van der Waals surface area (Å²) in [6.45, 7) is 4.46. The highest BCUT2D eigenvalue weighted by Crippen LogP contribution is 2.28. The van der Waals surface area contributed by atoms with E-state index >= 15 is 0 Å². The van der Waals surface area contributed by atoms with Crippen LogP contribution in [0.15, 0.2) is 72.8 Å². The molecule has 0 atom stereocenters. The Morgan fingerprint density at radius 3 is 2.46 bits per heavy atom. The van der Waals surface area contributed by atoms with Crippen LogP contribution in [0.1, 0.15) is 37.3 Å². The van der Waals surface area contributed by atoms with Gasteiger partial charge < -0.3 is 5.32 Å². The fraction of sp³-hybridized carbons (Fsp3) is 0.286. The van der Waals surface area contributed by atoms with Gasteiger partial charge >= 0.3 is 0 Å². The molecule has 0 radical (unpaired) electrons. The number of rotatable bonds is 7. The van der Waals surface area contributed by atoms with Crippen LogP contribution in [0, 0.1) is 11.2 Å². The first-order valence-electron chi connectivity index (χ1n) is 11.9. The van der Waals surface area contributed by atoms with Crippen LogP contribution < -0.4 is 5.32 Å². The predicted octanol–water partition coefficient (Wildman–Crippen LogP) is 6.45. The van der Waals surface area contributed by atoms with Crippen molar-refractivity contribution in [1.29, 1.82) is 5.41 Å². The average molecular weight is 493 g/mol. The number of likely N-dealkylation sites (tertiary alicyclic amines) is 1. The molecule has 7 heteroatoms. The first-order chi connectivity index (χ1) is 17.0. The van der Waals surface area contributed by atoms with E-state index in [-0.39, 0.29) is 22.8 Å². The summed E-state index contributed by atoms with van der Waals surface area (Å²) in [6.07, 6.45) is 1.95. The summed E-state index contributed by atoms with van der Waals surface area (Å²) in [7, 11) is 0. The normalized spacial score (nSPS) is 14.5. The smallest absolute Gasteiger partial charge is 0.228 e. The van der Waals surface area contributed by atoms with Crippen LogP contribution in [0.25, 0.3) is 0 Å². The van der Waals surface area contributed by atoms with Crippen molar-refractivity contribution in [3.8, 4) is 0 Å². The van der Waals surface area contributed by atoms with Crippen LogP contribution in [0.3, 0.4) is 0 Å². The van der Waals surface area contributed by atoms with Gasteiger partial charge in [-0.15, -0.1) is 0 Å². The molecular formula is C28H30ClFN4O. The molecule has 3 aromatic rings. The first-order valence-corrected chi connectivity index (χ1v) is 12.3. The number of hydrogen-bond acceptors (Lipinski definition) is 4. The zero-order chi connectivity index (χ0) is 24.8. The van der Waals surface area contributed by atoms with Crippen molar-refractivity contribution in [2.45, 2.75) is 38.8 Å². The van der Waals surface area contributed by atoms with Crippen molar-refractivity contribution >= 4 is 34.7 Å². The zero-order valence-corrected chi connectivity index (χ0v) is 20.6. The van der Waals surface area contributed by atoms with Gasteiger partial charge in [-0.3, -0.25) is 20.0 Å². The highest BCUT2D eigenvalue weighted by molar-refractivity contribution is 6.31. The number of amidine groups is 1. The molecule has 1 saturated heterocycles. The molecule has 0 bridgehead atoms. The van der Waals surface area contributed by atoms with Crippen molar-refractivity contribution in [3.05, 3.63) is 94.8 Å². The van der Waals surface area contributed by atoms with Crippen LogP contribution in [0.4, 0.5) is 15.8 Å². The number of nitrogens with zero attached hydrogens (tertiary/aromatic N) is 2. The lowest BCUT2D eigenvalue weighted by atomic mass is 10.00. The number of carbonyl (C=O) groups excluding carboxylic acids is 1. The van der Waals surface area contributed by atoms with Crippen LogP contribution >= 0.6 is 11.6 Å². The molecule has 182 valence electrons. The monoisotopic (exact) mass is 492 g/mol. The highest BCUT2D eigenvalue weighted by atomic mass is 35.5. The molecule has 1 aliphatic rings. The molecule has 0 aliphatic carbocycles. The van der Waals surface area contributed by atoms with Crippen LogP contribution in [0.5, 0.6) is 0 Å². The third-order valence-electron chi connectivity index (χ3n) is 6.36. The Labute approximate surface area is 211 Å². The van der Waals surface area contributed by atoms with E-state index in [1.165, 1.54) is 17.7 Å². The molecular weight excluding hydrogens is 463 g/mol. The van der Waals surface area contributed by atoms with Gasteiger partial charge in [0.1, 0.15) is 11.7 Å². The third kappa shape index (κ3) is 6.08. The second-order valence-electron chi connectivity index (χ2n) is 8.76. The fourth-order valence-corrected chi connectivity index (χ4v) is 4.70. The Bertz CT molecular complexity index is 1180. The van der Waals surface area contributed by atoms with E-state index < -0.39 is 5.82 Å². The number of para-hydroxylation sites is 1. The molecule has 0 aromatic heterocycles. The van der Waals surface area contributed by atoms with Gasteiger partial charge in [0.15, 0.2) is 0 Å². The SMILES string of the molecule is CCC(=O)N(C(=N)c1ccccc1Nc1ccc(F)c(Cl)c1)C1CCN(Cc2ccccc2)CC1. The van der Waals surface area contributed by atoms with Crippen LogP contribution in [0.2, 0.25) is 5.02 Å². The number of hydrogen-bond donors (Lipinski definition) is 2. The summed E-state index contributed by atoms with van der Waals surface area (Å²) >= 11 is 5.94. The lowest BCUT2D eigenvalue weighted by Crippen LogP contribution is -2.49. The zero-order valence-electron chi connectivity index (χ0n) is 19.8. The van der Waals surface area contributed by atoms with Crippen molar-refractivity contribution in [2.24, 2.45) is 0 Å². The summed E-state index contributed by atoms with van der Waals surface area (Å²) in [5, 5.41) is 12.3. The van der Waals surface area contributed by atoms with Gasteiger partial charge in [-0.2, -0.15) is 0 Å². The summed E-state index contributed by atoms with van der Waals surface area (Å²) < 4.78 is 13.6. The van der Waals surface area contributed by atoms with E-state index in [0.717, 1.165) is 32.5 Å². The number of halogens is 2. The molecule has 0 unspecified atom stereocenters. The van der Waals surface area contributed by atoms with Gasteiger partial charge in [-0.05, 0) is 48.7 Å². The molecule has 0 spiro atoms. The van der Waals surface area contributed by atoms with Gasteiger partial charge in [0.2, 0.25) is 5.91 Å². The van der Waals surface area contributed by atoms with Gasteiger partial charge in [-0.25, -0.2) is 4.39 Å². The average Bonchev–Trinajstić information content (AvgIpc) is 2.88. The number of amides is 1. The predicted molar refractivity (Wildman–Crippen MR) is 140 cm³/mol. The van der Waals surface area contributed by atoms with Gasteiger partial charge in [-0.1, -0.05) is 61.0 Å². The van der Waals surface area contributed by atoms with E-state index in [1.54, 1.807) is 11.0 Å². The lowest BCUT2D eigenvalue weighted by Gasteiger charge is -2.39. The lowest BCUT2D eigenvalue weighted by molar-refractivity contribution is -0.129. The maximum Gasteiger partial charge on any atom is 0.228 e. The van der Waals surface area contributed by atoms with E-state index in [4.69, 9.17) is 17.0 Å². The van der Waals surface area contributed by atoms with E-state index in [2.05, 4.69) is 34.5 Å². The largest absolute Gasteiger partial charge is 0.355 e. The van der Waals surface area contributed by atoms with Crippen molar-refractivity contribution in [3.63, 3.8) is 0 Å². The minimum atomic E-state index is -0.489. The maximum atomic E-state index is 13.6. The van der Waals surface area contributed by atoms with Crippen molar-refractivity contribution in [1.82, 2.24) is 9.80 Å². The molecule has 1 heterocycles. The Hall–Kier alpha value is -3.22. The third-order valence-corrected chi connectivity index (χ3v) is 6.65. The molecule has 5 nitrogen and oxygen atoms in total. The van der Waals surface area contributed by atoms with Crippen molar-refractivity contribution in [2.75, 3.05) is 18.4 Å². The molecule has 3 aromatic carbocycles. The fourth-order valence-electron chi connectivity index (χ4n) is 4.52. The maximum absolute atomic E-state index is 13.6. The van der Waals surface area contributed by atoms with Crippen molar-refractivity contribution < 1.29 is 9.18 Å². The summed E-state index contributed by atoms with van der Waals surface area (Å²) in [6, 6.07) is 22.1. The number of nitrogens with one attached hydrogen (secondary N) is 2. The number of carbonyl (C=O) groups is 1.